The summed E-state index contributed by atoms with van der Waals surface area (Å²) in [6, 6.07) is 4.83. The number of carboxylic acids is 1. The third kappa shape index (κ3) is 4.98. The maximum absolute atomic E-state index is 11.9. The van der Waals surface area contributed by atoms with E-state index in [2.05, 4.69) is 5.32 Å². The Hall–Kier alpha value is -2.24. The number of carboxylic acid groups (broad SMARTS) is 1. The van der Waals surface area contributed by atoms with Crippen LogP contribution in [-0.4, -0.2) is 29.9 Å². The molecule has 1 atom stereocenters. The number of nitrogens with one attached hydrogen (secondary N) is 1. The second-order valence-electron chi connectivity index (χ2n) is 5.64. The zero-order chi connectivity index (χ0) is 16.2. The summed E-state index contributed by atoms with van der Waals surface area (Å²) in [4.78, 5) is 23.0. The summed E-state index contributed by atoms with van der Waals surface area (Å²) in [7, 11) is 1.49. The van der Waals surface area contributed by atoms with Crippen molar-refractivity contribution >= 4 is 17.7 Å². The van der Waals surface area contributed by atoms with Gasteiger partial charge in [-0.3, -0.25) is 10.1 Å². The fourth-order valence-electron chi connectivity index (χ4n) is 1.69. The van der Waals surface area contributed by atoms with Gasteiger partial charge in [-0.1, -0.05) is 6.07 Å². The number of rotatable bonds is 4. The normalized spacial score (nSPS) is 12.4. The third-order valence-electron chi connectivity index (χ3n) is 2.73. The lowest BCUT2D eigenvalue weighted by Gasteiger charge is -2.21. The number of aliphatic carboxylic acids is 1. The van der Waals surface area contributed by atoms with E-state index in [1.165, 1.54) is 7.11 Å². The van der Waals surface area contributed by atoms with E-state index >= 15 is 0 Å². The summed E-state index contributed by atoms with van der Waals surface area (Å²) in [6.07, 6.45) is -0.644. The number of anilines is 1. The van der Waals surface area contributed by atoms with E-state index in [1.54, 1.807) is 45.9 Å². The van der Waals surface area contributed by atoms with Crippen molar-refractivity contribution in [2.24, 2.45) is 0 Å². The predicted octanol–water partition coefficient (Wildman–Crippen LogP) is 3.23. The minimum atomic E-state index is -0.979. The second-order valence-corrected chi connectivity index (χ2v) is 5.64. The Balaban J connectivity index is 3.07. The minimum absolute atomic E-state index is 0.360. The maximum atomic E-state index is 11.9. The average molecular weight is 295 g/mol. The first-order valence-corrected chi connectivity index (χ1v) is 6.55. The molecule has 0 heterocycles. The Morgan fingerprint density at radius 2 is 1.90 bits per heavy atom. The highest BCUT2D eigenvalue weighted by Crippen LogP contribution is 2.29. The summed E-state index contributed by atoms with van der Waals surface area (Å²) in [5.41, 5.74) is 0.203. The number of hydrogen-bond donors (Lipinski definition) is 2. The van der Waals surface area contributed by atoms with E-state index in [-0.39, 0.29) is 0 Å². The molecule has 1 aromatic carbocycles. The van der Waals surface area contributed by atoms with Crippen molar-refractivity contribution in [3.8, 4) is 5.75 Å². The first-order chi connectivity index (χ1) is 9.64. The number of carbonyl (C=O) groups excluding carboxylic acids is 1. The Kier molecular flexibility index (Phi) is 5.18. The molecule has 0 aliphatic carbocycles. The Morgan fingerprint density at radius 1 is 1.29 bits per heavy atom. The van der Waals surface area contributed by atoms with Gasteiger partial charge >= 0.3 is 12.1 Å². The quantitative estimate of drug-likeness (QED) is 0.890. The van der Waals surface area contributed by atoms with Crippen LogP contribution in [-0.2, 0) is 9.53 Å². The molecule has 0 aliphatic heterocycles. The highest BCUT2D eigenvalue weighted by molar-refractivity contribution is 5.88. The van der Waals surface area contributed by atoms with Crippen molar-refractivity contribution in [3.05, 3.63) is 23.8 Å². The fraction of sp³-hybridized carbons (Fsp3) is 0.467. The highest BCUT2D eigenvalue weighted by Gasteiger charge is 2.21. The molecule has 6 nitrogen and oxygen atoms in total. The molecule has 0 spiro atoms. The molecule has 0 fully saturated rings. The van der Waals surface area contributed by atoms with Crippen LogP contribution in [0.25, 0.3) is 0 Å². The van der Waals surface area contributed by atoms with Crippen LogP contribution in [0.1, 0.15) is 39.2 Å². The van der Waals surface area contributed by atoms with Crippen molar-refractivity contribution < 1.29 is 24.2 Å². The zero-order valence-electron chi connectivity index (χ0n) is 12.9. The van der Waals surface area contributed by atoms with Crippen molar-refractivity contribution in [1.82, 2.24) is 0 Å². The number of methoxy groups -OCH3 is 1. The van der Waals surface area contributed by atoms with Gasteiger partial charge in [0.05, 0.1) is 18.7 Å². The largest absolute Gasteiger partial charge is 0.497 e. The van der Waals surface area contributed by atoms with Crippen molar-refractivity contribution in [2.45, 2.75) is 39.2 Å². The lowest BCUT2D eigenvalue weighted by Crippen LogP contribution is -2.27. The molecule has 0 radical (unpaired) electrons. The van der Waals surface area contributed by atoms with Gasteiger partial charge in [0, 0.05) is 6.07 Å². The standard InChI is InChI=1S/C15H21NO5/c1-9(13(17)18)11-7-6-10(20-5)8-12(11)16-14(19)21-15(2,3)4/h6-9H,1-5H3,(H,16,19)(H,17,18). The van der Waals surface area contributed by atoms with E-state index in [9.17, 15) is 9.59 Å². The van der Waals surface area contributed by atoms with Gasteiger partial charge in [-0.15, -0.1) is 0 Å². The minimum Gasteiger partial charge on any atom is -0.497 e. The van der Waals surface area contributed by atoms with Crippen LogP contribution >= 0.6 is 0 Å². The Labute approximate surface area is 124 Å². The Morgan fingerprint density at radius 3 is 2.38 bits per heavy atom. The van der Waals surface area contributed by atoms with Crippen LogP contribution in [0, 0.1) is 0 Å². The molecule has 0 bridgehead atoms. The van der Waals surface area contributed by atoms with Gasteiger partial charge in [0.1, 0.15) is 11.4 Å². The smallest absolute Gasteiger partial charge is 0.412 e. The van der Waals surface area contributed by atoms with Gasteiger partial charge in [0.2, 0.25) is 0 Å². The maximum Gasteiger partial charge on any atom is 0.412 e. The highest BCUT2D eigenvalue weighted by atomic mass is 16.6. The van der Waals surface area contributed by atoms with E-state index in [1.807, 2.05) is 0 Å². The number of amides is 1. The molecule has 0 saturated heterocycles. The lowest BCUT2D eigenvalue weighted by molar-refractivity contribution is -0.138. The predicted molar refractivity (Wildman–Crippen MR) is 78.9 cm³/mol. The molecular weight excluding hydrogens is 274 g/mol. The van der Waals surface area contributed by atoms with Crippen LogP contribution < -0.4 is 10.1 Å². The fourth-order valence-corrected chi connectivity index (χ4v) is 1.69. The molecule has 0 saturated carbocycles. The third-order valence-corrected chi connectivity index (χ3v) is 2.73. The van der Waals surface area contributed by atoms with Crippen LogP contribution in [0.3, 0.4) is 0 Å². The summed E-state index contributed by atoms with van der Waals surface area (Å²) in [5.74, 6) is -1.23. The summed E-state index contributed by atoms with van der Waals surface area (Å²) < 4.78 is 10.3. The van der Waals surface area contributed by atoms with Crippen molar-refractivity contribution in [3.63, 3.8) is 0 Å². The molecule has 0 aromatic heterocycles. The topological polar surface area (TPSA) is 84.9 Å². The molecule has 6 heteroatoms. The van der Waals surface area contributed by atoms with Crippen LogP contribution in [0.2, 0.25) is 0 Å². The van der Waals surface area contributed by atoms with E-state index < -0.39 is 23.6 Å². The summed E-state index contributed by atoms with van der Waals surface area (Å²) in [5, 5.41) is 11.7. The van der Waals surface area contributed by atoms with Crippen LogP contribution in [0.15, 0.2) is 18.2 Å². The number of benzene rings is 1. The van der Waals surface area contributed by atoms with Crippen LogP contribution in [0.4, 0.5) is 10.5 Å². The molecular formula is C15H21NO5. The van der Waals surface area contributed by atoms with Gasteiger partial charge in [-0.05, 0) is 39.3 Å². The molecule has 0 aliphatic rings. The van der Waals surface area contributed by atoms with E-state index in [0.717, 1.165) is 0 Å². The van der Waals surface area contributed by atoms with E-state index in [4.69, 9.17) is 14.6 Å². The molecule has 1 rings (SSSR count). The monoisotopic (exact) mass is 295 g/mol. The Bertz CT molecular complexity index is 533. The van der Waals surface area contributed by atoms with Gasteiger partial charge < -0.3 is 14.6 Å². The molecule has 21 heavy (non-hydrogen) atoms. The van der Waals surface area contributed by atoms with Crippen molar-refractivity contribution in [1.29, 1.82) is 0 Å². The lowest BCUT2D eigenvalue weighted by atomic mass is 9.99. The molecule has 1 unspecified atom stereocenters. The van der Waals surface area contributed by atoms with Gasteiger partial charge in [-0.2, -0.15) is 0 Å². The van der Waals surface area contributed by atoms with Gasteiger partial charge in [0.25, 0.3) is 0 Å². The van der Waals surface area contributed by atoms with Gasteiger partial charge in [-0.25, -0.2) is 4.79 Å². The number of carbonyl (C=O) groups is 2. The number of hydrogen-bond acceptors (Lipinski definition) is 4. The number of ether oxygens (including phenoxy) is 2. The average Bonchev–Trinajstić information content (AvgIpc) is 2.35. The molecule has 1 amide bonds. The SMILES string of the molecule is COc1ccc(C(C)C(=O)O)c(NC(=O)OC(C)(C)C)c1. The van der Waals surface area contributed by atoms with E-state index in [0.29, 0.717) is 17.0 Å². The second kappa shape index (κ2) is 6.47. The van der Waals surface area contributed by atoms with Crippen molar-refractivity contribution in [2.75, 3.05) is 12.4 Å². The molecule has 116 valence electrons. The first kappa shape index (κ1) is 16.8. The molecule has 1 aromatic rings. The molecule has 2 N–H and O–H groups in total. The van der Waals surface area contributed by atoms with Crippen LogP contribution in [0.5, 0.6) is 5.75 Å². The zero-order valence-corrected chi connectivity index (χ0v) is 12.9. The van der Waals surface area contributed by atoms with Gasteiger partial charge in [0.15, 0.2) is 0 Å². The summed E-state index contributed by atoms with van der Waals surface area (Å²) >= 11 is 0. The first-order valence-electron chi connectivity index (χ1n) is 6.55. The summed E-state index contributed by atoms with van der Waals surface area (Å²) in [6.45, 7) is 6.79.